The van der Waals surface area contributed by atoms with Gasteiger partial charge in [-0.2, -0.15) is 5.10 Å². The molecular formula is C19H22ClN3O4. The molecule has 3 rings (SSSR count). The van der Waals surface area contributed by atoms with Gasteiger partial charge in [0, 0.05) is 19.7 Å². The third kappa shape index (κ3) is 4.48. The fourth-order valence-electron chi connectivity index (χ4n) is 3.20. The van der Waals surface area contributed by atoms with E-state index in [2.05, 4.69) is 5.10 Å². The van der Waals surface area contributed by atoms with E-state index < -0.39 is 5.97 Å². The Labute approximate surface area is 162 Å². The summed E-state index contributed by atoms with van der Waals surface area (Å²) < 4.78 is 7.24. The SMILES string of the molecule is Cc1c(C(=O)N(CCC(=O)O)C[C@@H]2CCCO2)cnn1-c1ccccc1Cl. The number of nitrogens with zero attached hydrogens (tertiary/aromatic N) is 3. The first-order chi connectivity index (χ1) is 13.0. The number of halogens is 1. The number of carbonyl (C=O) groups excluding carboxylic acids is 1. The number of hydrogen-bond acceptors (Lipinski definition) is 4. The highest BCUT2D eigenvalue weighted by Crippen LogP contribution is 2.23. The minimum atomic E-state index is -0.941. The molecule has 1 aliphatic rings. The predicted octanol–water partition coefficient (Wildman–Crippen LogP) is 2.93. The average Bonchev–Trinajstić information content (AvgIpc) is 3.28. The summed E-state index contributed by atoms with van der Waals surface area (Å²) >= 11 is 6.24. The van der Waals surface area contributed by atoms with Gasteiger partial charge in [-0.1, -0.05) is 23.7 Å². The van der Waals surface area contributed by atoms with Crippen LogP contribution in [0.15, 0.2) is 30.5 Å². The third-order valence-electron chi connectivity index (χ3n) is 4.65. The van der Waals surface area contributed by atoms with Gasteiger partial charge in [-0.3, -0.25) is 9.59 Å². The fraction of sp³-hybridized carbons (Fsp3) is 0.421. The molecule has 1 aliphatic heterocycles. The normalized spacial score (nSPS) is 16.4. The van der Waals surface area contributed by atoms with E-state index in [4.69, 9.17) is 21.4 Å². The van der Waals surface area contributed by atoms with Crippen LogP contribution in [0.3, 0.4) is 0 Å². The number of carbonyl (C=O) groups is 2. The van der Waals surface area contributed by atoms with Crippen molar-refractivity contribution in [2.45, 2.75) is 32.3 Å². The topological polar surface area (TPSA) is 84.7 Å². The van der Waals surface area contributed by atoms with Crippen molar-refractivity contribution in [3.8, 4) is 5.69 Å². The van der Waals surface area contributed by atoms with E-state index in [1.807, 2.05) is 18.2 Å². The molecule has 0 spiro atoms. The molecular weight excluding hydrogens is 370 g/mol. The fourth-order valence-corrected chi connectivity index (χ4v) is 3.41. The summed E-state index contributed by atoms with van der Waals surface area (Å²) in [6.45, 7) is 2.98. The molecule has 27 heavy (non-hydrogen) atoms. The van der Waals surface area contributed by atoms with Crippen LogP contribution < -0.4 is 0 Å². The maximum Gasteiger partial charge on any atom is 0.305 e. The molecule has 2 aromatic rings. The van der Waals surface area contributed by atoms with Crippen molar-refractivity contribution in [2.24, 2.45) is 0 Å². The molecule has 1 atom stereocenters. The zero-order chi connectivity index (χ0) is 19.4. The Bertz CT molecular complexity index is 830. The molecule has 0 saturated carbocycles. The van der Waals surface area contributed by atoms with Crippen molar-refractivity contribution in [1.29, 1.82) is 0 Å². The summed E-state index contributed by atoms with van der Waals surface area (Å²) in [5, 5.41) is 13.9. The van der Waals surface area contributed by atoms with E-state index in [0.717, 1.165) is 12.8 Å². The van der Waals surface area contributed by atoms with Crippen LogP contribution in [-0.4, -0.2) is 57.5 Å². The molecule has 1 N–H and O–H groups in total. The van der Waals surface area contributed by atoms with Gasteiger partial charge in [0.2, 0.25) is 0 Å². The minimum Gasteiger partial charge on any atom is -0.481 e. The number of rotatable bonds is 7. The molecule has 8 heteroatoms. The number of ether oxygens (including phenoxy) is 1. The van der Waals surface area contributed by atoms with E-state index in [0.29, 0.717) is 35.1 Å². The lowest BCUT2D eigenvalue weighted by atomic mass is 10.1. The van der Waals surface area contributed by atoms with E-state index in [9.17, 15) is 9.59 Å². The van der Waals surface area contributed by atoms with Gasteiger partial charge >= 0.3 is 5.97 Å². The van der Waals surface area contributed by atoms with Crippen LogP contribution in [-0.2, 0) is 9.53 Å². The number of aromatic nitrogens is 2. The number of benzene rings is 1. The molecule has 1 aromatic carbocycles. The number of amides is 1. The maximum atomic E-state index is 13.1. The van der Waals surface area contributed by atoms with Crippen molar-refractivity contribution in [3.05, 3.63) is 46.7 Å². The van der Waals surface area contributed by atoms with Crippen molar-refractivity contribution >= 4 is 23.5 Å². The van der Waals surface area contributed by atoms with Crippen LogP contribution >= 0.6 is 11.6 Å². The van der Waals surface area contributed by atoms with Gasteiger partial charge in [0.15, 0.2) is 0 Å². The second kappa shape index (κ2) is 8.54. The van der Waals surface area contributed by atoms with Gasteiger partial charge in [0.25, 0.3) is 5.91 Å². The van der Waals surface area contributed by atoms with E-state index in [1.165, 1.54) is 6.20 Å². The van der Waals surface area contributed by atoms with Crippen LogP contribution in [0.4, 0.5) is 0 Å². The zero-order valence-electron chi connectivity index (χ0n) is 15.1. The van der Waals surface area contributed by atoms with Gasteiger partial charge in [-0.15, -0.1) is 0 Å². The Morgan fingerprint density at radius 2 is 2.19 bits per heavy atom. The quantitative estimate of drug-likeness (QED) is 0.784. The molecule has 1 amide bonds. The summed E-state index contributed by atoms with van der Waals surface area (Å²) in [5.74, 6) is -1.19. The second-order valence-corrected chi connectivity index (χ2v) is 6.94. The number of para-hydroxylation sites is 1. The van der Waals surface area contributed by atoms with Crippen LogP contribution in [0.25, 0.3) is 5.69 Å². The number of carboxylic acid groups (broad SMARTS) is 1. The first kappa shape index (κ1) is 19.4. The van der Waals surface area contributed by atoms with Gasteiger partial charge in [-0.25, -0.2) is 4.68 Å². The summed E-state index contributed by atoms with van der Waals surface area (Å²) in [6.07, 6.45) is 3.16. The molecule has 0 radical (unpaired) electrons. The van der Waals surface area contributed by atoms with Crippen LogP contribution in [0.1, 0.15) is 35.3 Å². The van der Waals surface area contributed by atoms with Crippen molar-refractivity contribution in [3.63, 3.8) is 0 Å². The maximum absolute atomic E-state index is 13.1. The Hall–Kier alpha value is -2.38. The lowest BCUT2D eigenvalue weighted by Crippen LogP contribution is -2.39. The minimum absolute atomic E-state index is 0.0540. The average molecular weight is 392 g/mol. The monoisotopic (exact) mass is 391 g/mol. The molecule has 1 fully saturated rings. The molecule has 0 bridgehead atoms. The molecule has 2 heterocycles. The Balaban J connectivity index is 1.84. The Morgan fingerprint density at radius 3 is 2.85 bits per heavy atom. The molecule has 1 aromatic heterocycles. The smallest absolute Gasteiger partial charge is 0.305 e. The molecule has 144 valence electrons. The molecule has 0 unspecified atom stereocenters. The van der Waals surface area contributed by atoms with Crippen molar-refractivity contribution in [1.82, 2.24) is 14.7 Å². The number of hydrogen-bond donors (Lipinski definition) is 1. The standard InChI is InChI=1S/C19H22ClN3O4/c1-13-15(11-21-23(13)17-7-3-2-6-16(17)20)19(26)22(9-8-18(24)25)12-14-5-4-10-27-14/h2-3,6-7,11,14H,4-5,8-10,12H2,1H3,(H,24,25)/t14-/m0/s1. The van der Waals surface area contributed by atoms with E-state index >= 15 is 0 Å². The largest absolute Gasteiger partial charge is 0.481 e. The van der Waals surface area contributed by atoms with Gasteiger partial charge < -0.3 is 14.7 Å². The number of carboxylic acids is 1. The lowest BCUT2D eigenvalue weighted by Gasteiger charge is -2.25. The lowest BCUT2D eigenvalue weighted by molar-refractivity contribution is -0.137. The van der Waals surface area contributed by atoms with Gasteiger partial charge in [-0.05, 0) is 31.9 Å². The summed E-state index contributed by atoms with van der Waals surface area (Å²) in [5.41, 5.74) is 1.77. The molecule has 0 aliphatic carbocycles. The molecule has 7 nitrogen and oxygen atoms in total. The number of aliphatic carboxylic acids is 1. The van der Waals surface area contributed by atoms with E-state index in [-0.39, 0.29) is 25.0 Å². The zero-order valence-corrected chi connectivity index (χ0v) is 15.9. The second-order valence-electron chi connectivity index (χ2n) is 6.54. The Kier molecular flexibility index (Phi) is 6.13. The van der Waals surface area contributed by atoms with Crippen molar-refractivity contribution < 1.29 is 19.4 Å². The first-order valence-corrected chi connectivity index (χ1v) is 9.27. The third-order valence-corrected chi connectivity index (χ3v) is 4.97. The first-order valence-electron chi connectivity index (χ1n) is 8.89. The van der Waals surface area contributed by atoms with Gasteiger partial charge in [0.1, 0.15) is 0 Å². The van der Waals surface area contributed by atoms with Crippen LogP contribution in [0.5, 0.6) is 0 Å². The highest BCUT2D eigenvalue weighted by atomic mass is 35.5. The van der Waals surface area contributed by atoms with E-state index in [1.54, 1.807) is 22.6 Å². The summed E-state index contributed by atoms with van der Waals surface area (Å²) in [4.78, 5) is 25.6. The Morgan fingerprint density at radius 1 is 1.41 bits per heavy atom. The van der Waals surface area contributed by atoms with Crippen LogP contribution in [0, 0.1) is 6.92 Å². The summed E-state index contributed by atoms with van der Waals surface area (Å²) in [6, 6.07) is 7.26. The van der Waals surface area contributed by atoms with Crippen LogP contribution in [0.2, 0.25) is 5.02 Å². The van der Waals surface area contributed by atoms with Gasteiger partial charge in [0.05, 0.1) is 40.7 Å². The predicted molar refractivity (Wildman–Crippen MR) is 100 cm³/mol. The molecule has 1 saturated heterocycles. The summed E-state index contributed by atoms with van der Waals surface area (Å²) in [7, 11) is 0. The van der Waals surface area contributed by atoms with Crippen molar-refractivity contribution in [2.75, 3.05) is 19.7 Å². The highest BCUT2D eigenvalue weighted by molar-refractivity contribution is 6.32. The highest BCUT2D eigenvalue weighted by Gasteiger charge is 2.26.